The Morgan fingerprint density at radius 3 is 2.78 bits per heavy atom. The van der Waals surface area contributed by atoms with E-state index in [0.29, 0.717) is 48.5 Å². The molecule has 2 aromatic rings. The van der Waals surface area contributed by atoms with E-state index in [-0.39, 0.29) is 12.0 Å². The van der Waals surface area contributed by atoms with E-state index in [0.717, 1.165) is 17.5 Å². The van der Waals surface area contributed by atoms with Gasteiger partial charge < -0.3 is 19.5 Å². The van der Waals surface area contributed by atoms with Crippen molar-refractivity contribution in [3.8, 4) is 11.5 Å². The summed E-state index contributed by atoms with van der Waals surface area (Å²) in [6.07, 6.45) is 0.959. The van der Waals surface area contributed by atoms with Gasteiger partial charge in [-0.3, -0.25) is 4.79 Å². The highest BCUT2D eigenvalue weighted by atomic mass is 35.5. The first-order valence-electron chi connectivity index (χ1n) is 9.09. The molecule has 0 aliphatic carbocycles. The highest BCUT2D eigenvalue weighted by Crippen LogP contribution is 2.37. The maximum absolute atomic E-state index is 12.6. The molecule has 0 fully saturated rings. The molecule has 0 saturated carbocycles. The molecule has 2 aromatic carbocycles. The number of rotatable bonds is 6. The quantitative estimate of drug-likeness (QED) is 0.797. The summed E-state index contributed by atoms with van der Waals surface area (Å²) >= 11 is 6.26. The zero-order valence-corrected chi connectivity index (χ0v) is 16.3. The maximum Gasteiger partial charge on any atom is 0.251 e. The summed E-state index contributed by atoms with van der Waals surface area (Å²) in [4.78, 5) is 12.6. The molecule has 1 heterocycles. The van der Waals surface area contributed by atoms with Crippen molar-refractivity contribution < 1.29 is 19.0 Å². The second-order valence-electron chi connectivity index (χ2n) is 6.70. The minimum Gasteiger partial charge on any atom is -0.489 e. The Kier molecular flexibility index (Phi) is 6.58. The van der Waals surface area contributed by atoms with Crippen molar-refractivity contribution in [1.82, 2.24) is 5.32 Å². The van der Waals surface area contributed by atoms with Gasteiger partial charge >= 0.3 is 0 Å². The molecule has 0 spiro atoms. The Hall–Kier alpha value is -2.24. The largest absolute Gasteiger partial charge is 0.489 e. The zero-order valence-electron chi connectivity index (χ0n) is 15.6. The van der Waals surface area contributed by atoms with Gasteiger partial charge in [-0.25, -0.2) is 0 Å². The number of amides is 1. The van der Waals surface area contributed by atoms with Gasteiger partial charge in [0, 0.05) is 18.5 Å². The number of ether oxygens (including phenoxy) is 3. The van der Waals surface area contributed by atoms with Crippen molar-refractivity contribution in [2.24, 2.45) is 0 Å². The van der Waals surface area contributed by atoms with Crippen LogP contribution in [0.5, 0.6) is 11.5 Å². The van der Waals surface area contributed by atoms with Gasteiger partial charge in [-0.2, -0.15) is 0 Å². The molecule has 0 unspecified atom stereocenters. The first-order chi connectivity index (χ1) is 13.0. The standard InChI is InChI=1S/C21H24ClNO4/c1-14(2)27-13-16-6-3-5-15(9-16)12-23-21(24)17-10-18(22)20-19(11-17)25-7-4-8-26-20/h3,5-6,9-11,14H,4,7-8,12-13H2,1-2H3,(H,23,24). The highest BCUT2D eigenvalue weighted by Gasteiger charge is 2.18. The van der Waals surface area contributed by atoms with Crippen LogP contribution in [0.25, 0.3) is 0 Å². The molecule has 0 saturated heterocycles. The Labute approximate surface area is 164 Å². The topological polar surface area (TPSA) is 56.8 Å². The van der Waals surface area contributed by atoms with Crippen LogP contribution in [-0.2, 0) is 17.9 Å². The molecular formula is C21H24ClNO4. The van der Waals surface area contributed by atoms with Crippen molar-refractivity contribution in [3.05, 3.63) is 58.1 Å². The molecule has 6 heteroatoms. The lowest BCUT2D eigenvalue weighted by atomic mass is 10.1. The smallest absolute Gasteiger partial charge is 0.251 e. The number of fused-ring (bicyclic) bond motifs is 1. The fourth-order valence-electron chi connectivity index (χ4n) is 2.74. The molecule has 0 radical (unpaired) electrons. The Bertz CT molecular complexity index is 807. The third-order valence-corrected chi connectivity index (χ3v) is 4.37. The second kappa shape index (κ2) is 9.11. The van der Waals surface area contributed by atoms with Crippen LogP contribution in [-0.4, -0.2) is 25.2 Å². The lowest BCUT2D eigenvalue weighted by Gasteiger charge is -2.12. The summed E-state index contributed by atoms with van der Waals surface area (Å²) in [5.41, 5.74) is 2.53. The van der Waals surface area contributed by atoms with E-state index in [1.807, 2.05) is 38.1 Å². The van der Waals surface area contributed by atoms with E-state index in [2.05, 4.69) is 5.32 Å². The summed E-state index contributed by atoms with van der Waals surface area (Å²) in [5.74, 6) is 0.804. The number of hydrogen-bond acceptors (Lipinski definition) is 4. The molecule has 0 bridgehead atoms. The summed E-state index contributed by atoms with van der Waals surface area (Å²) in [5, 5.41) is 3.30. The fraction of sp³-hybridized carbons (Fsp3) is 0.381. The van der Waals surface area contributed by atoms with Gasteiger partial charge in [-0.1, -0.05) is 35.9 Å². The Morgan fingerprint density at radius 2 is 1.96 bits per heavy atom. The second-order valence-corrected chi connectivity index (χ2v) is 7.11. The molecule has 3 rings (SSSR count). The lowest BCUT2D eigenvalue weighted by molar-refractivity contribution is 0.0657. The van der Waals surface area contributed by atoms with Crippen LogP contribution in [0.1, 0.15) is 41.8 Å². The predicted molar refractivity (Wildman–Crippen MR) is 105 cm³/mol. The molecule has 0 aromatic heterocycles. The van der Waals surface area contributed by atoms with E-state index < -0.39 is 0 Å². The molecule has 1 aliphatic heterocycles. The van der Waals surface area contributed by atoms with E-state index in [1.54, 1.807) is 12.1 Å². The number of benzene rings is 2. The van der Waals surface area contributed by atoms with Gasteiger partial charge in [0.05, 0.1) is 30.9 Å². The fourth-order valence-corrected chi connectivity index (χ4v) is 3.00. The van der Waals surface area contributed by atoms with Gasteiger partial charge in [0.25, 0.3) is 5.91 Å². The normalized spacial score (nSPS) is 13.3. The summed E-state index contributed by atoms with van der Waals surface area (Å²) in [6.45, 7) is 6.07. The summed E-state index contributed by atoms with van der Waals surface area (Å²) in [6, 6.07) is 11.3. The average Bonchev–Trinajstić information content (AvgIpc) is 2.90. The first kappa shape index (κ1) is 19.5. The molecule has 27 heavy (non-hydrogen) atoms. The van der Waals surface area contributed by atoms with Crippen LogP contribution >= 0.6 is 11.6 Å². The minimum absolute atomic E-state index is 0.178. The van der Waals surface area contributed by atoms with E-state index in [1.165, 1.54) is 0 Å². The van der Waals surface area contributed by atoms with Crippen LogP contribution in [0, 0.1) is 0 Å². The van der Waals surface area contributed by atoms with Crippen molar-refractivity contribution in [2.75, 3.05) is 13.2 Å². The molecule has 0 atom stereocenters. The van der Waals surface area contributed by atoms with Crippen molar-refractivity contribution in [2.45, 2.75) is 39.5 Å². The lowest BCUT2D eigenvalue weighted by Crippen LogP contribution is -2.23. The summed E-state index contributed by atoms with van der Waals surface area (Å²) in [7, 11) is 0. The third-order valence-electron chi connectivity index (χ3n) is 4.09. The summed E-state index contributed by atoms with van der Waals surface area (Å²) < 4.78 is 16.9. The van der Waals surface area contributed by atoms with Crippen LogP contribution < -0.4 is 14.8 Å². The highest BCUT2D eigenvalue weighted by molar-refractivity contribution is 6.32. The molecule has 1 amide bonds. The van der Waals surface area contributed by atoms with Crippen LogP contribution in [0.15, 0.2) is 36.4 Å². The van der Waals surface area contributed by atoms with Crippen LogP contribution in [0.4, 0.5) is 0 Å². The number of halogens is 1. The van der Waals surface area contributed by atoms with Gasteiger partial charge in [0.1, 0.15) is 0 Å². The average molecular weight is 390 g/mol. The number of carbonyl (C=O) groups excluding carboxylic acids is 1. The van der Waals surface area contributed by atoms with Gasteiger partial charge in [-0.15, -0.1) is 0 Å². The van der Waals surface area contributed by atoms with E-state index >= 15 is 0 Å². The van der Waals surface area contributed by atoms with Gasteiger partial charge in [0.15, 0.2) is 11.5 Å². The van der Waals surface area contributed by atoms with Crippen molar-refractivity contribution in [1.29, 1.82) is 0 Å². The monoisotopic (exact) mass is 389 g/mol. The van der Waals surface area contributed by atoms with Gasteiger partial charge in [0.2, 0.25) is 0 Å². The van der Waals surface area contributed by atoms with Crippen molar-refractivity contribution >= 4 is 17.5 Å². The molecular weight excluding hydrogens is 366 g/mol. The Balaban J connectivity index is 1.65. The zero-order chi connectivity index (χ0) is 19.2. The third kappa shape index (κ3) is 5.37. The molecule has 1 N–H and O–H groups in total. The van der Waals surface area contributed by atoms with Crippen LogP contribution in [0.3, 0.4) is 0 Å². The predicted octanol–water partition coefficient (Wildman–Crippen LogP) is 4.36. The molecule has 144 valence electrons. The number of nitrogens with one attached hydrogen (secondary N) is 1. The number of hydrogen-bond donors (Lipinski definition) is 1. The van der Waals surface area contributed by atoms with E-state index in [9.17, 15) is 4.79 Å². The first-order valence-corrected chi connectivity index (χ1v) is 9.47. The van der Waals surface area contributed by atoms with Crippen LogP contribution in [0.2, 0.25) is 5.02 Å². The Morgan fingerprint density at radius 1 is 1.19 bits per heavy atom. The molecule has 5 nitrogen and oxygen atoms in total. The van der Waals surface area contributed by atoms with E-state index in [4.69, 9.17) is 25.8 Å². The number of carbonyl (C=O) groups is 1. The SMILES string of the molecule is CC(C)OCc1cccc(CNC(=O)c2cc(Cl)c3c(c2)OCCCO3)c1. The minimum atomic E-state index is -0.212. The maximum atomic E-state index is 12.6. The van der Waals surface area contributed by atoms with Gasteiger partial charge in [-0.05, 0) is 37.1 Å². The van der Waals surface area contributed by atoms with Crippen molar-refractivity contribution in [3.63, 3.8) is 0 Å². The molecule has 1 aliphatic rings.